The molecule has 0 spiro atoms. The molecular formula is C32H28. The van der Waals surface area contributed by atoms with Crippen LogP contribution in [0.15, 0.2) is 109 Å². The van der Waals surface area contributed by atoms with Crippen LogP contribution in [0.2, 0.25) is 0 Å². The first kappa shape index (κ1) is 20.3. The van der Waals surface area contributed by atoms with Gasteiger partial charge in [0.2, 0.25) is 0 Å². The van der Waals surface area contributed by atoms with Crippen LogP contribution in [-0.2, 0) is 0 Å². The van der Waals surface area contributed by atoms with Crippen molar-refractivity contribution in [3.63, 3.8) is 0 Å². The molecule has 0 heterocycles. The molecule has 0 aromatic heterocycles. The van der Waals surface area contributed by atoms with Gasteiger partial charge in [-0.15, -0.1) is 0 Å². The van der Waals surface area contributed by atoms with Crippen molar-refractivity contribution >= 4 is 48.7 Å². The van der Waals surface area contributed by atoms with Gasteiger partial charge in [0.1, 0.15) is 0 Å². The molecule has 5 rings (SSSR count). The molecule has 0 amide bonds. The van der Waals surface area contributed by atoms with E-state index in [2.05, 4.69) is 112 Å². The van der Waals surface area contributed by atoms with Crippen molar-refractivity contribution in [2.45, 2.75) is 26.7 Å². The zero-order chi connectivity index (χ0) is 22.2. The lowest BCUT2D eigenvalue weighted by Gasteiger charge is -2.15. The van der Waals surface area contributed by atoms with Gasteiger partial charge in [0.15, 0.2) is 0 Å². The summed E-state index contributed by atoms with van der Waals surface area (Å²) in [5.41, 5.74) is 4.69. The van der Waals surface area contributed by atoms with Gasteiger partial charge in [0.05, 0.1) is 0 Å². The molecule has 0 aliphatic carbocycles. The van der Waals surface area contributed by atoms with Crippen molar-refractivity contribution in [3.05, 3.63) is 115 Å². The Balaban J connectivity index is 1.71. The van der Waals surface area contributed by atoms with Gasteiger partial charge in [-0.2, -0.15) is 0 Å². The van der Waals surface area contributed by atoms with Gasteiger partial charge in [-0.25, -0.2) is 0 Å². The maximum absolute atomic E-state index is 4.46. The summed E-state index contributed by atoms with van der Waals surface area (Å²) in [7, 11) is 0. The third-order valence-electron chi connectivity index (χ3n) is 6.51. The number of allylic oxidation sites excluding steroid dienone is 4. The van der Waals surface area contributed by atoms with Crippen LogP contribution in [0.5, 0.6) is 0 Å². The van der Waals surface area contributed by atoms with Crippen molar-refractivity contribution < 1.29 is 0 Å². The molecule has 32 heavy (non-hydrogen) atoms. The van der Waals surface area contributed by atoms with E-state index in [1.165, 1.54) is 54.2 Å². The molecule has 0 radical (unpaired) electrons. The average molecular weight is 413 g/mol. The maximum Gasteiger partial charge on any atom is -0.00267 e. The number of fused-ring (bicyclic) bond motifs is 7. The van der Waals surface area contributed by atoms with Crippen molar-refractivity contribution in [2.75, 3.05) is 0 Å². The number of rotatable bonds is 5. The van der Waals surface area contributed by atoms with E-state index in [4.69, 9.17) is 0 Å². The van der Waals surface area contributed by atoms with Gasteiger partial charge in [-0.1, -0.05) is 104 Å². The molecule has 0 aliphatic heterocycles. The Labute approximate surface area is 190 Å². The first-order valence-electron chi connectivity index (χ1n) is 11.3. The zero-order valence-electron chi connectivity index (χ0n) is 18.9. The predicted octanol–water partition coefficient (Wildman–Crippen LogP) is 9.62. The molecule has 0 heteroatoms. The molecule has 0 saturated heterocycles. The normalized spacial score (nSPS) is 11.3. The third-order valence-corrected chi connectivity index (χ3v) is 6.51. The summed E-state index contributed by atoms with van der Waals surface area (Å²) in [5.74, 6) is 0. The molecular weight excluding hydrogens is 384 g/mol. The van der Waals surface area contributed by atoms with E-state index >= 15 is 0 Å². The summed E-state index contributed by atoms with van der Waals surface area (Å²) in [4.78, 5) is 0. The zero-order valence-corrected chi connectivity index (χ0v) is 18.9. The molecule has 0 saturated carbocycles. The van der Waals surface area contributed by atoms with E-state index in [-0.39, 0.29) is 0 Å². The van der Waals surface area contributed by atoms with E-state index in [0.717, 1.165) is 24.0 Å². The number of hydrogen-bond donors (Lipinski definition) is 0. The minimum Gasteiger partial charge on any atom is -0.0952 e. The van der Waals surface area contributed by atoms with E-state index in [1.54, 1.807) is 0 Å². The fourth-order valence-corrected chi connectivity index (χ4v) is 4.82. The quantitative estimate of drug-likeness (QED) is 0.153. The van der Waals surface area contributed by atoms with E-state index in [0.29, 0.717) is 0 Å². The van der Waals surface area contributed by atoms with Crippen LogP contribution in [-0.4, -0.2) is 0 Å². The first-order chi connectivity index (χ1) is 15.5. The van der Waals surface area contributed by atoms with Crippen molar-refractivity contribution in [1.29, 1.82) is 0 Å². The van der Waals surface area contributed by atoms with Crippen LogP contribution in [0, 0.1) is 0 Å². The number of hydrogen-bond acceptors (Lipinski definition) is 0. The first-order valence-corrected chi connectivity index (χ1v) is 11.3. The average Bonchev–Trinajstić information content (AvgIpc) is 2.82. The van der Waals surface area contributed by atoms with Gasteiger partial charge in [0.25, 0.3) is 0 Å². The maximum atomic E-state index is 4.46. The Kier molecular flexibility index (Phi) is 5.15. The van der Waals surface area contributed by atoms with Gasteiger partial charge in [0, 0.05) is 0 Å². The SMILES string of the molecule is C=C(CCC=C(C)C)C(=C)c1cccc2ccc3c4ccc5ccccc5c4ccc3c12. The molecule has 0 unspecified atom stereocenters. The van der Waals surface area contributed by atoms with Gasteiger partial charge in [-0.3, -0.25) is 0 Å². The Hall–Kier alpha value is -3.64. The minimum atomic E-state index is 0.931. The summed E-state index contributed by atoms with van der Waals surface area (Å²) < 4.78 is 0. The van der Waals surface area contributed by atoms with Crippen molar-refractivity contribution in [3.8, 4) is 0 Å². The van der Waals surface area contributed by atoms with E-state index < -0.39 is 0 Å². The molecule has 0 N–H and O–H groups in total. The van der Waals surface area contributed by atoms with Crippen LogP contribution in [0.1, 0.15) is 32.3 Å². The van der Waals surface area contributed by atoms with Crippen LogP contribution in [0.3, 0.4) is 0 Å². The van der Waals surface area contributed by atoms with Crippen LogP contribution >= 0.6 is 0 Å². The molecule has 0 fully saturated rings. The van der Waals surface area contributed by atoms with Crippen LogP contribution in [0.25, 0.3) is 48.7 Å². The van der Waals surface area contributed by atoms with Gasteiger partial charge in [-0.05, 0) is 86.5 Å². The Morgan fingerprint density at radius 3 is 2.09 bits per heavy atom. The molecule has 0 aliphatic rings. The second-order valence-electron chi connectivity index (χ2n) is 8.91. The Bertz CT molecular complexity index is 1560. The fraction of sp³-hybridized carbons (Fsp3) is 0.125. The van der Waals surface area contributed by atoms with E-state index in [9.17, 15) is 0 Å². The molecule has 0 atom stereocenters. The number of benzene rings is 5. The summed E-state index contributed by atoms with van der Waals surface area (Å²) in [6.07, 6.45) is 4.21. The van der Waals surface area contributed by atoms with Crippen molar-refractivity contribution in [1.82, 2.24) is 0 Å². The summed E-state index contributed by atoms with van der Waals surface area (Å²) >= 11 is 0. The highest BCUT2D eigenvalue weighted by Crippen LogP contribution is 2.38. The lowest BCUT2D eigenvalue weighted by Crippen LogP contribution is -1.91. The lowest BCUT2D eigenvalue weighted by atomic mass is 9.88. The Morgan fingerprint density at radius 1 is 0.656 bits per heavy atom. The molecule has 156 valence electrons. The summed E-state index contributed by atoms with van der Waals surface area (Å²) in [6, 6.07) is 28.7. The standard InChI is InChI=1S/C32H28/c1-21(2)9-7-10-22(3)23(4)26-14-8-12-25-16-18-30-29-17-15-24-11-5-6-13-27(24)28(29)19-20-31(30)32(25)26/h5-6,8-9,11-20H,3-4,7,10H2,1-2H3. The van der Waals surface area contributed by atoms with E-state index in [1.807, 2.05) is 0 Å². The fourth-order valence-electron chi connectivity index (χ4n) is 4.82. The lowest BCUT2D eigenvalue weighted by molar-refractivity contribution is 1.00. The summed E-state index contributed by atoms with van der Waals surface area (Å²) in [5, 5.41) is 10.3. The smallest absolute Gasteiger partial charge is 0.00267 e. The van der Waals surface area contributed by atoms with Crippen LogP contribution in [0.4, 0.5) is 0 Å². The van der Waals surface area contributed by atoms with Crippen molar-refractivity contribution in [2.24, 2.45) is 0 Å². The van der Waals surface area contributed by atoms with Gasteiger partial charge < -0.3 is 0 Å². The largest absolute Gasteiger partial charge is 0.0952 e. The second kappa shape index (κ2) is 8.13. The molecule has 0 bridgehead atoms. The summed E-state index contributed by atoms with van der Waals surface area (Å²) in [6.45, 7) is 13.1. The highest BCUT2D eigenvalue weighted by molar-refractivity contribution is 6.23. The molecule has 0 nitrogen and oxygen atoms in total. The molecule has 5 aromatic carbocycles. The molecule has 5 aromatic rings. The highest BCUT2D eigenvalue weighted by atomic mass is 14.2. The Morgan fingerprint density at radius 2 is 1.28 bits per heavy atom. The van der Waals surface area contributed by atoms with Crippen LogP contribution < -0.4 is 0 Å². The third kappa shape index (κ3) is 3.42. The highest BCUT2D eigenvalue weighted by Gasteiger charge is 2.12. The minimum absolute atomic E-state index is 0.931. The van der Waals surface area contributed by atoms with Gasteiger partial charge >= 0.3 is 0 Å². The second-order valence-corrected chi connectivity index (χ2v) is 8.91. The topological polar surface area (TPSA) is 0 Å². The monoisotopic (exact) mass is 412 g/mol. The predicted molar refractivity (Wildman–Crippen MR) is 143 cm³/mol.